The van der Waals surface area contributed by atoms with Crippen molar-refractivity contribution < 1.29 is 19.1 Å². The quantitative estimate of drug-likeness (QED) is 0.416. The van der Waals surface area contributed by atoms with Crippen molar-refractivity contribution in [3.63, 3.8) is 0 Å². The van der Waals surface area contributed by atoms with Crippen LogP contribution in [-0.4, -0.2) is 18.5 Å². The van der Waals surface area contributed by atoms with Gasteiger partial charge in [-0.25, -0.2) is 0 Å². The lowest BCUT2D eigenvalue weighted by Gasteiger charge is -2.00. The predicted molar refractivity (Wildman–Crippen MR) is 71.9 cm³/mol. The molecule has 4 nitrogen and oxygen atoms in total. The van der Waals surface area contributed by atoms with Gasteiger partial charge in [0.2, 0.25) is 0 Å². The van der Waals surface area contributed by atoms with E-state index in [9.17, 15) is 9.59 Å². The average molecular weight is 258 g/mol. The van der Waals surface area contributed by atoms with Gasteiger partial charge in [0.25, 0.3) is 0 Å². The molecular formula is C14H26O4. The first kappa shape index (κ1) is 19.0. The zero-order valence-electron chi connectivity index (χ0n) is 12.2. The molecule has 0 rings (SSSR count). The van der Waals surface area contributed by atoms with Crippen LogP contribution in [0.3, 0.4) is 0 Å². The first-order chi connectivity index (χ1) is 8.45. The number of allylic oxidation sites excluding steroid dienone is 1. The summed E-state index contributed by atoms with van der Waals surface area (Å²) in [5, 5.41) is 0. The monoisotopic (exact) mass is 258 g/mol. The average Bonchev–Trinajstić information content (AvgIpc) is 2.29. The summed E-state index contributed by atoms with van der Waals surface area (Å²) in [7, 11) is 0. The molecule has 0 aromatic carbocycles. The van der Waals surface area contributed by atoms with Crippen LogP contribution in [0.15, 0.2) is 12.3 Å². The number of carbonyl (C=O) groups is 2. The number of carbonyl (C=O) groups excluding carboxylic acids is 2. The third kappa shape index (κ3) is 17.1. The standard InChI is InChI=1S/C10H18O2.C4H8O2/c1-4-5-6-7-8-12-10(11)9(2)3;1-3-6-4(2)5/h7-9H,4-6H2,1-3H3;3H2,1-2H3. The summed E-state index contributed by atoms with van der Waals surface area (Å²) in [6.07, 6.45) is 6.70. The minimum atomic E-state index is -0.211. The van der Waals surface area contributed by atoms with Crippen LogP contribution in [0.2, 0.25) is 0 Å². The van der Waals surface area contributed by atoms with Gasteiger partial charge in [0.15, 0.2) is 0 Å². The van der Waals surface area contributed by atoms with Crippen molar-refractivity contribution in [2.45, 2.75) is 53.9 Å². The highest BCUT2D eigenvalue weighted by Gasteiger charge is 2.04. The van der Waals surface area contributed by atoms with E-state index in [0.29, 0.717) is 6.61 Å². The molecule has 0 saturated heterocycles. The van der Waals surface area contributed by atoms with E-state index in [-0.39, 0.29) is 17.9 Å². The van der Waals surface area contributed by atoms with Gasteiger partial charge in [-0.2, -0.15) is 0 Å². The number of ether oxygens (including phenoxy) is 2. The summed E-state index contributed by atoms with van der Waals surface area (Å²) in [5.41, 5.74) is 0. The van der Waals surface area contributed by atoms with Crippen molar-refractivity contribution in [1.29, 1.82) is 0 Å². The molecule has 0 fully saturated rings. The van der Waals surface area contributed by atoms with Gasteiger partial charge in [-0.3, -0.25) is 9.59 Å². The van der Waals surface area contributed by atoms with Crippen LogP contribution in [-0.2, 0) is 19.1 Å². The Kier molecular flexibility index (Phi) is 14.5. The van der Waals surface area contributed by atoms with Gasteiger partial charge in [0.05, 0.1) is 18.8 Å². The van der Waals surface area contributed by atoms with Gasteiger partial charge in [0.1, 0.15) is 0 Å². The Balaban J connectivity index is 0. The molecule has 0 amide bonds. The number of hydrogen-bond acceptors (Lipinski definition) is 4. The van der Waals surface area contributed by atoms with E-state index < -0.39 is 0 Å². The Bertz CT molecular complexity index is 244. The molecule has 0 aromatic heterocycles. The predicted octanol–water partition coefficient (Wildman–Crippen LogP) is 3.46. The van der Waals surface area contributed by atoms with Crippen LogP contribution in [0.5, 0.6) is 0 Å². The maximum absolute atomic E-state index is 10.9. The van der Waals surface area contributed by atoms with Crippen molar-refractivity contribution in [2.24, 2.45) is 5.92 Å². The number of rotatable bonds is 6. The molecule has 0 unspecified atom stereocenters. The fourth-order valence-electron chi connectivity index (χ4n) is 0.845. The lowest BCUT2D eigenvalue weighted by molar-refractivity contribution is -0.142. The van der Waals surface area contributed by atoms with Gasteiger partial charge in [-0.05, 0) is 25.8 Å². The summed E-state index contributed by atoms with van der Waals surface area (Å²) < 4.78 is 9.23. The van der Waals surface area contributed by atoms with Crippen LogP contribution in [0, 0.1) is 5.92 Å². The van der Waals surface area contributed by atoms with Crippen molar-refractivity contribution in [1.82, 2.24) is 0 Å². The fourth-order valence-corrected chi connectivity index (χ4v) is 0.845. The first-order valence-electron chi connectivity index (χ1n) is 6.44. The van der Waals surface area contributed by atoms with Gasteiger partial charge in [-0.1, -0.05) is 27.2 Å². The second-order valence-corrected chi connectivity index (χ2v) is 4.03. The summed E-state index contributed by atoms with van der Waals surface area (Å²) >= 11 is 0. The van der Waals surface area contributed by atoms with Crippen molar-refractivity contribution >= 4 is 11.9 Å². The summed E-state index contributed by atoms with van der Waals surface area (Å²) in [4.78, 5) is 20.7. The molecule has 0 atom stereocenters. The molecule has 0 saturated carbocycles. The van der Waals surface area contributed by atoms with E-state index in [4.69, 9.17) is 4.74 Å². The highest BCUT2D eigenvalue weighted by Crippen LogP contribution is 1.98. The molecule has 0 spiro atoms. The second kappa shape index (κ2) is 13.7. The minimum absolute atomic E-state index is 0.0409. The lowest BCUT2D eigenvalue weighted by atomic mass is 10.2. The molecule has 18 heavy (non-hydrogen) atoms. The van der Waals surface area contributed by atoms with Gasteiger partial charge < -0.3 is 9.47 Å². The third-order valence-electron chi connectivity index (χ3n) is 1.82. The van der Waals surface area contributed by atoms with E-state index in [0.717, 1.165) is 12.8 Å². The van der Waals surface area contributed by atoms with E-state index in [1.807, 2.05) is 19.9 Å². The highest BCUT2D eigenvalue weighted by atomic mass is 16.5. The van der Waals surface area contributed by atoms with E-state index in [1.54, 1.807) is 6.92 Å². The summed E-state index contributed by atoms with van der Waals surface area (Å²) in [6.45, 7) is 9.43. The zero-order chi connectivity index (χ0) is 14.4. The largest absolute Gasteiger partial charge is 0.466 e. The van der Waals surface area contributed by atoms with Crippen LogP contribution in [0.1, 0.15) is 53.9 Å². The van der Waals surface area contributed by atoms with Crippen LogP contribution < -0.4 is 0 Å². The maximum Gasteiger partial charge on any atom is 0.313 e. The molecule has 4 heteroatoms. The molecule has 0 N–H and O–H groups in total. The fraction of sp³-hybridized carbons (Fsp3) is 0.714. The number of esters is 2. The smallest absolute Gasteiger partial charge is 0.313 e. The normalized spacial score (nSPS) is 9.89. The Morgan fingerprint density at radius 3 is 2.17 bits per heavy atom. The molecule has 0 aromatic rings. The molecule has 0 aliphatic carbocycles. The van der Waals surface area contributed by atoms with Gasteiger partial charge in [0, 0.05) is 6.92 Å². The molecule has 0 aliphatic rings. The van der Waals surface area contributed by atoms with Crippen LogP contribution in [0.25, 0.3) is 0 Å². The topological polar surface area (TPSA) is 52.6 Å². The number of unbranched alkanes of at least 4 members (excludes halogenated alkanes) is 2. The molecule has 0 aliphatic heterocycles. The second-order valence-electron chi connectivity index (χ2n) is 4.03. The third-order valence-corrected chi connectivity index (χ3v) is 1.82. The molecule has 0 radical (unpaired) electrons. The van der Waals surface area contributed by atoms with Gasteiger partial charge in [-0.15, -0.1) is 0 Å². The molecule has 0 bridgehead atoms. The minimum Gasteiger partial charge on any atom is -0.466 e. The Labute approximate surface area is 110 Å². The Hall–Kier alpha value is -1.32. The molecular weight excluding hydrogens is 232 g/mol. The van der Waals surface area contributed by atoms with E-state index in [2.05, 4.69) is 11.7 Å². The van der Waals surface area contributed by atoms with E-state index >= 15 is 0 Å². The SMILES string of the molecule is CCCCC=COC(=O)C(C)C.CCOC(C)=O. The number of hydrogen-bond donors (Lipinski definition) is 0. The van der Waals surface area contributed by atoms with Crippen molar-refractivity contribution in [3.05, 3.63) is 12.3 Å². The lowest BCUT2D eigenvalue weighted by Crippen LogP contribution is -2.07. The molecule has 106 valence electrons. The van der Waals surface area contributed by atoms with Crippen molar-refractivity contribution in [3.8, 4) is 0 Å². The maximum atomic E-state index is 10.9. The van der Waals surface area contributed by atoms with Crippen molar-refractivity contribution in [2.75, 3.05) is 6.61 Å². The van der Waals surface area contributed by atoms with Gasteiger partial charge >= 0.3 is 11.9 Å². The molecule has 0 heterocycles. The Morgan fingerprint density at radius 2 is 1.83 bits per heavy atom. The van der Waals surface area contributed by atoms with Crippen LogP contribution >= 0.6 is 0 Å². The first-order valence-corrected chi connectivity index (χ1v) is 6.44. The Morgan fingerprint density at radius 1 is 1.22 bits per heavy atom. The highest BCUT2D eigenvalue weighted by molar-refractivity contribution is 5.72. The zero-order valence-corrected chi connectivity index (χ0v) is 12.2. The van der Waals surface area contributed by atoms with E-state index in [1.165, 1.54) is 19.6 Å². The van der Waals surface area contributed by atoms with Crippen LogP contribution in [0.4, 0.5) is 0 Å². The summed E-state index contributed by atoms with van der Waals surface area (Å²) in [5.74, 6) is -0.416. The summed E-state index contributed by atoms with van der Waals surface area (Å²) in [6, 6.07) is 0.